The summed E-state index contributed by atoms with van der Waals surface area (Å²) in [6, 6.07) is 11.8. The average molecular weight is 240 g/mol. The van der Waals surface area contributed by atoms with E-state index in [4.69, 9.17) is 4.42 Å². The molecule has 5 nitrogen and oxygen atoms in total. The fourth-order valence-corrected chi connectivity index (χ4v) is 1.76. The molecule has 0 bridgehead atoms. The molecule has 3 aromatic rings. The summed E-state index contributed by atoms with van der Waals surface area (Å²) in [5.41, 5.74) is 0.317. The second kappa shape index (κ2) is 3.96. The van der Waals surface area contributed by atoms with E-state index < -0.39 is 11.3 Å². The van der Waals surface area contributed by atoms with Crippen molar-refractivity contribution in [1.82, 2.24) is 9.55 Å². The molecule has 0 saturated heterocycles. The van der Waals surface area contributed by atoms with Crippen LogP contribution in [0, 0.1) is 0 Å². The number of benzene rings is 1. The maximum atomic E-state index is 12.2. The molecule has 0 aliphatic heterocycles. The van der Waals surface area contributed by atoms with Crippen LogP contribution in [0.15, 0.2) is 62.7 Å². The van der Waals surface area contributed by atoms with Crippen LogP contribution >= 0.6 is 0 Å². The summed E-state index contributed by atoms with van der Waals surface area (Å²) in [5, 5.41) is 0. The monoisotopic (exact) mass is 240 g/mol. The molecule has 2 aromatic heterocycles. The molecule has 2 heterocycles. The van der Waals surface area contributed by atoms with Crippen molar-refractivity contribution in [3.8, 4) is 5.69 Å². The first-order chi connectivity index (χ1) is 8.77. The first-order valence-electron chi connectivity index (χ1n) is 5.34. The Bertz CT molecular complexity index is 819. The Morgan fingerprint density at radius 1 is 1.00 bits per heavy atom. The van der Waals surface area contributed by atoms with Crippen LogP contribution in [0.5, 0.6) is 0 Å². The average Bonchev–Trinajstić information content (AvgIpc) is 2.40. The quantitative estimate of drug-likeness (QED) is 0.643. The van der Waals surface area contributed by atoms with E-state index in [-0.39, 0.29) is 11.1 Å². The standard InChI is InChI=1S/C13H8N2O3/c16-12-11-10(7-4-8-14-11)18-13(17)15(12)9-5-2-1-3-6-9/h1-8H. The number of fused-ring (bicyclic) bond motifs is 1. The van der Waals surface area contributed by atoms with Gasteiger partial charge in [0.25, 0.3) is 5.56 Å². The molecular weight excluding hydrogens is 232 g/mol. The summed E-state index contributed by atoms with van der Waals surface area (Å²) in [6.07, 6.45) is 1.49. The van der Waals surface area contributed by atoms with E-state index in [0.717, 1.165) is 4.57 Å². The van der Waals surface area contributed by atoms with Crippen molar-refractivity contribution in [1.29, 1.82) is 0 Å². The number of para-hydroxylation sites is 1. The Hall–Kier alpha value is -2.69. The number of aromatic nitrogens is 2. The first kappa shape index (κ1) is 10.5. The van der Waals surface area contributed by atoms with Crippen LogP contribution in [0.4, 0.5) is 0 Å². The molecule has 0 amide bonds. The summed E-state index contributed by atoms with van der Waals surface area (Å²) in [7, 11) is 0. The number of hydrogen-bond acceptors (Lipinski definition) is 4. The van der Waals surface area contributed by atoms with Gasteiger partial charge >= 0.3 is 5.76 Å². The molecule has 0 fully saturated rings. The SMILES string of the molecule is O=c1oc2cccnc2c(=O)n1-c1ccccc1. The maximum absolute atomic E-state index is 12.2. The fraction of sp³-hybridized carbons (Fsp3) is 0. The van der Waals surface area contributed by atoms with Gasteiger partial charge in [-0.15, -0.1) is 0 Å². The highest BCUT2D eigenvalue weighted by Crippen LogP contribution is 2.06. The second-order valence-electron chi connectivity index (χ2n) is 3.69. The van der Waals surface area contributed by atoms with E-state index in [1.54, 1.807) is 42.5 Å². The van der Waals surface area contributed by atoms with E-state index >= 15 is 0 Å². The normalized spacial score (nSPS) is 10.7. The minimum Gasteiger partial charge on any atom is -0.407 e. The summed E-state index contributed by atoms with van der Waals surface area (Å²) in [6.45, 7) is 0. The van der Waals surface area contributed by atoms with E-state index in [1.807, 2.05) is 0 Å². The Labute approximate surface area is 101 Å². The lowest BCUT2D eigenvalue weighted by Gasteiger charge is -2.03. The smallest absolute Gasteiger partial charge is 0.407 e. The molecule has 0 aliphatic carbocycles. The van der Waals surface area contributed by atoms with Crippen LogP contribution in [0.1, 0.15) is 0 Å². The molecule has 18 heavy (non-hydrogen) atoms. The van der Waals surface area contributed by atoms with Gasteiger partial charge in [0.15, 0.2) is 11.1 Å². The van der Waals surface area contributed by atoms with Gasteiger partial charge in [-0.2, -0.15) is 0 Å². The number of rotatable bonds is 1. The van der Waals surface area contributed by atoms with E-state index in [2.05, 4.69) is 4.98 Å². The van der Waals surface area contributed by atoms with Gasteiger partial charge in [-0.25, -0.2) is 14.3 Å². The highest BCUT2D eigenvalue weighted by molar-refractivity contribution is 5.70. The molecule has 3 rings (SSSR count). The Morgan fingerprint density at radius 3 is 2.56 bits per heavy atom. The van der Waals surface area contributed by atoms with Gasteiger partial charge in [0.1, 0.15) is 0 Å². The molecular formula is C13H8N2O3. The van der Waals surface area contributed by atoms with Crippen LogP contribution in [0.25, 0.3) is 16.8 Å². The van der Waals surface area contributed by atoms with Crippen LogP contribution in [0.2, 0.25) is 0 Å². The Kier molecular flexibility index (Phi) is 2.30. The van der Waals surface area contributed by atoms with Crippen molar-refractivity contribution in [2.45, 2.75) is 0 Å². The van der Waals surface area contributed by atoms with Crippen molar-refractivity contribution in [3.05, 3.63) is 69.6 Å². The van der Waals surface area contributed by atoms with Gasteiger partial charge in [0.05, 0.1) is 5.69 Å². The van der Waals surface area contributed by atoms with E-state index in [9.17, 15) is 9.59 Å². The van der Waals surface area contributed by atoms with Crippen molar-refractivity contribution in [3.63, 3.8) is 0 Å². The van der Waals surface area contributed by atoms with Gasteiger partial charge in [0, 0.05) is 6.20 Å². The van der Waals surface area contributed by atoms with Crippen LogP contribution < -0.4 is 11.3 Å². The Morgan fingerprint density at radius 2 is 1.78 bits per heavy atom. The molecule has 88 valence electrons. The summed E-state index contributed by atoms with van der Waals surface area (Å²) in [5.74, 6) is -0.716. The third kappa shape index (κ3) is 1.53. The third-order valence-electron chi connectivity index (χ3n) is 2.57. The predicted octanol–water partition coefficient (Wildman–Crippen LogP) is 1.34. The number of pyridine rings is 1. The molecule has 0 radical (unpaired) electrons. The molecule has 0 N–H and O–H groups in total. The number of hydrogen-bond donors (Lipinski definition) is 0. The van der Waals surface area contributed by atoms with Gasteiger partial charge in [-0.1, -0.05) is 18.2 Å². The summed E-state index contributed by atoms with van der Waals surface area (Å²) < 4.78 is 6.04. The van der Waals surface area contributed by atoms with E-state index in [0.29, 0.717) is 5.69 Å². The van der Waals surface area contributed by atoms with Gasteiger partial charge in [-0.3, -0.25) is 4.79 Å². The minimum absolute atomic E-state index is 0.140. The zero-order valence-electron chi connectivity index (χ0n) is 9.24. The fourth-order valence-electron chi connectivity index (χ4n) is 1.76. The maximum Gasteiger partial charge on any atom is 0.427 e. The molecule has 0 aliphatic rings. The van der Waals surface area contributed by atoms with Crippen LogP contribution in [-0.4, -0.2) is 9.55 Å². The highest BCUT2D eigenvalue weighted by Gasteiger charge is 2.11. The summed E-state index contributed by atoms with van der Waals surface area (Å²) >= 11 is 0. The number of nitrogens with zero attached hydrogens (tertiary/aromatic N) is 2. The van der Waals surface area contributed by atoms with Gasteiger partial charge < -0.3 is 4.42 Å². The van der Waals surface area contributed by atoms with E-state index in [1.165, 1.54) is 6.20 Å². The Balaban J connectivity index is 2.45. The van der Waals surface area contributed by atoms with Gasteiger partial charge in [-0.05, 0) is 24.3 Å². The largest absolute Gasteiger partial charge is 0.427 e. The zero-order chi connectivity index (χ0) is 12.5. The second-order valence-corrected chi connectivity index (χ2v) is 3.69. The zero-order valence-corrected chi connectivity index (χ0v) is 9.24. The molecule has 0 spiro atoms. The van der Waals surface area contributed by atoms with Crippen molar-refractivity contribution in [2.75, 3.05) is 0 Å². The van der Waals surface area contributed by atoms with Gasteiger partial charge in [0.2, 0.25) is 0 Å². The molecule has 0 atom stereocenters. The first-order valence-corrected chi connectivity index (χ1v) is 5.34. The molecule has 0 unspecified atom stereocenters. The third-order valence-corrected chi connectivity index (χ3v) is 2.57. The van der Waals surface area contributed by atoms with Crippen LogP contribution in [-0.2, 0) is 0 Å². The lowest BCUT2D eigenvalue weighted by molar-refractivity contribution is 0.502. The van der Waals surface area contributed by atoms with Crippen molar-refractivity contribution < 1.29 is 4.42 Å². The lowest BCUT2D eigenvalue weighted by atomic mass is 10.3. The molecule has 0 saturated carbocycles. The predicted molar refractivity (Wildman–Crippen MR) is 65.9 cm³/mol. The summed E-state index contributed by atoms with van der Waals surface area (Å²) in [4.78, 5) is 28.0. The molecule has 1 aromatic carbocycles. The lowest BCUT2D eigenvalue weighted by Crippen LogP contribution is -2.31. The van der Waals surface area contributed by atoms with Crippen molar-refractivity contribution in [2.24, 2.45) is 0 Å². The molecule has 5 heteroatoms. The highest BCUT2D eigenvalue weighted by atomic mass is 16.4. The van der Waals surface area contributed by atoms with Crippen LogP contribution in [0.3, 0.4) is 0 Å². The minimum atomic E-state index is -0.716. The van der Waals surface area contributed by atoms with Crippen molar-refractivity contribution >= 4 is 11.1 Å². The topological polar surface area (TPSA) is 65.1 Å².